The molecule has 0 aromatic heterocycles. The second kappa shape index (κ2) is 9.87. The van der Waals surface area contributed by atoms with E-state index in [1.807, 2.05) is 79.7 Å². The molecule has 5 heteroatoms. The number of nitrogens with zero attached hydrogens (tertiary/aromatic N) is 1. The highest BCUT2D eigenvalue weighted by Gasteiger charge is 2.16. The van der Waals surface area contributed by atoms with E-state index in [0.29, 0.717) is 6.54 Å². The molecule has 2 amide bonds. The van der Waals surface area contributed by atoms with Crippen molar-refractivity contribution in [2.24, 2.45) is 0 Å². The molecule has 0 fully saturated rings. The standard InChI is InChI=1S/C18H23N3O.ClH/c1-21(2)14-13-19-18(22)20-17(15-9-5-3-6-10-15)16-11-7-4-8-12-16;/h3-12,17H,13-14H2,1-2H3,(H2,19,20,22);1H. The van der Waals surface area contributed by atoms with E-state index in [9.17, 15) is 4.79 Å². The highest BCUT2D eigenvalue weighted by Crippen LogP contribution is 2.21. The third-order valence-electron chi connectivity index (χ3n) is 3.39. The maximum atomic E-state index is 12.1. The first-order valence-electron chi connectivity index (χ1n) is 7.46. The van der Waals surface area contributed by atoms with Gasteiger partial charge in [-0.1, -0.05) is 60.7 Å². The van der Waals surface area contributed by atoms with Crippen molar-refractivity contribution in [3.8, 4) is 0 Å². The largest absolute Gasteiger partial charge is 0.337 e. The first-order chi connectivity index (χ1) is 10.7. The molecule has 0 bridgehead atoms. The number of nitrogens with one attached hydrogen (secondary N) is 2. The van der Waals surface area contributed by atoms with Crippen LogP contribution in [0.15, 0.2) is 60.7 Å². The fraction of sp³-hybridized carbons (Fsp3) is 0.278. The lowest BCUT2D eigenvalue weighted by Crippen LogP contribution is -2.41. The van der Waals surface area contributed by atoms with Crippen LogP contribution in [0.5, 0.6) is 0 Å². The summed E-state index contributed by atoms with van der Waals surface area (Å²) < 4.78 is 0. The summed E-state index contributed by atoms with van der Waals surface area (Å²) in [5.41, 5.74) is 2.13. The van der Waals surface area contributed by atoms with E-state index in [1.54, 1.807) is 0 Å². The lowest BCUT2D eigenvalue weighted by Gasteiger charge is -2.20. The second-order valence-corrected chi connectivity index (χ2v) is 5.46. The van der Waals surface area contributed by atoms with Crippen molar-refractivity contribution in [2.45, 2.75) is 6.04 Å². The topological polar surface area (TPSA) is 44.4 Å². The van der Waals surface area contributed by atoms with Gasteiger partial charge in [0.2, 0.25) is 0 Å². The van der Waals surface area contributed by atoms with Crippen LogP contribution in [0.25, 0.3) is 0 Å². The molecular formula is C18H24ClN3O. The Hall–Kier alpha value is -2.04. The molecular weight excluding hydrogens is 310 g/mol. The predicted octanol–water partition coefficient (Wildman–Crippen LogP) is 3.06. The van der Waals surface area contributed by atoms with Crippen molar-refractivity contribution in [3.63, 3.8) is 0 Å². The van der Waals surface area contributed by atoms with Gasteiger partial charge in [0, 0.05) is 13.1 Å². The fourth-order valence-electron chi connectivity index (χ4n) is 2.23. The maximum absolute atomic E-state index is 12.1. The minimum absolute atomic E-state index is 0. The minimum atomic E-state index is -0.153. The molecule has 0 saturated heterocycles. The van der Waals surface area contributed by atoms with Crippen molar-refractivity contribution in [2.75, 3.05) is 27.2 Å². The van der Waals surface area contributed by atoms with Gasteiger partial charge < -0.3 is 15.5 Å². The average molecular weight is 334 g/mol. The number of carbonyl (C=O) groups excluding carboxylic acids is 1. The molecule has 2 N–H and O–H groups in total. The number of rotatable bonds is 6. The van der Waals surface area contributed by atoms with E-state index in [1.165, 1.54) is 0 Å². The van der Waals surface area contributed by atoms with E-state index < -0.39 is 0 Å². The molecule has 0 radical (unpaired) electrons. The van der Waals surface area contributed by atoms with Crippen LogP contribution in [0.4, 0.5) is 4.79 Å². The first-order valence-corrected chi connectivity index (χ1v) is 7.46. The molecule has 0 saturated carbocycles. The molecule has 0 aliphatic carbocycles. The molecule has 2 aromatic rings. The summed E-state index contributed by atoms with van der Waals surface area (Å²) in [5.74, 6) is 0. The van der Waals surface area contributed by atoms with Crippen LogP contribution in [-0.4, -0.2) is 38.1 Å². The Morgan fingerprint density at radius 1 is 0.957 bits per heavy atom. The summed E-state index contributed by atoms with van der Waals surface area (Å²) in [6, 6.07) is 19.7. The van der Waals surface area contributed by atoms with Crippen LogP contribution >= 0.6 is 12.4 Å². The van der Waals surface area contributed by atoms with Gasteiger partial charge >= 0.3 is 6.03 Å². The zero-order chi connectivity index (χ0) is 15.8. The predicted molar refractivity (Wildman–Crippen MR) is 97.1 cm³/mol. The number of halogens is 1. The molecule has 23 heavy (non-hydrogen) atoms. The average Bonchev–Trinajstić information content (AvgIpc) is 2.54. The van der Waals surface area contributed by atoms with E-state index in [-0.39, 0.29) is 24.5 Å². The zero-order valence-electron chi connectivity index (χ0n) is 13.5. The van der Waals surface area contributed by atoms with Crippen LogP contribution < -0.4 is 10.6 Å². The summed E-state index contributed by atoms with van der Waals surface area (Å²) >= 11 is 0. The minimum Gasteiger partial charge on any atom is -0.337 e. The molecule has 0 heterocycles. The Balaban J connectivity index is 0.00000264. The Morgan fingerprint density at radius 3 is 1.87 bits per heavy atom. The van der Waals surface area contributed by atoms with Gasteiger partial charge in [-0.25, -0.2) is 4.79 Å². The molecule has 0 spiro atoms. The highest BCUT2D eigenvalue weighted by atomic mass is 35.5. The molecule has 2 rings (SSSR count). The quantitative estimate of drug-likeness (QED) is 0.853. The molecule has 124 valence electrons. The van der Waals surface area contributed by atoms with Crippen molar-refractivity contribution in [1.82, 2.24) is 15.5 Å². The van der Waals surface area contributed by atoms with Crippen LogP contribution in [0.1, 0.15) is 17.2 Å². The lowest BCUT2D eigenvalue weighted by molar-refractivity contribution is 0.237. The van der Waals surface area contributed by atoms with Crippen LogP contribution in [0.2, 0.25) is 0 Å². The van der Waals surface area contributed by atoms with Crippen LogP contribution in [0.3, 0.4) is 0 Å². The van der Waals surface area contributed by atoms with Gasteiger partial charge in [0.1, 0.15) is 0 Å². The van der Waals surface area contributed by atoms with E-state index >= 15 is 0 Å². The normalized spacial score (nSPS) is 10.3. The Bertz CT molecular complexity index is 536. The Morgan fingerprint density at radius 2 is 1.43 bits per heavy atom. The van der Waals surface area contributed by atoms with Gasteiger partial charge in [0.15, 0.2) is 0 Å². The van der Waals surface area contributed by atoms with Crippen molar-refractivity contribution in [3.05, 3.63) is 71.8 Å². The van der Waals surface area contributed by atoms with E-state index in [2.05, 4.69) is 10.6 Å². The summed E-state index contributed by atoms with van der Waals surface area (Å²) in [6.07, 6.45) is 0. The van der Waals surface area contributed by atoms with Gasteiger partial charge in [0.25, 0.3) is 0 Å². The molecule has 0 unspecified atom stereocenters. The SMILES string of the molecule is CN(C)CCNC(=O)NC(c1ccccc1)c1ccccc1.Cl. The second-order valence-electron chi connectivity index (χ2n) is 5.46. The number of amides is 2. The number of hydrogen-bond donors (Lipinski definition) is 2. The molecule has 0 aliphatic rings. The number of benzene rings is 2. The number of likely N-dealkylation sites (N-methyl/N-ethyl adjacent to an activating group) is 1. The van der Waals surface area contributed by atoms with Crippen LogP contribution in [-0.2, 0) is 0 Å². The third kappa shape index (κ3) is 6.30. The molecule has 4 nitrogen and oxygen atoms in total. The van der Waals surface area contributed by atoms with Crippen molar-refractivity contribution >= 4 is 18.4 Å². The van der Waals surface area contributed by atoms with Crippen molar-refractivity contribution in [1.29, 1.82) is 0 Å². The van der Waals surface area contributed by atoms with Gasteiger partial charge in [-0.05, 0) is 25.2 Å². The number of carbonyl (C=O) groups is 1. The van der Waals surface area contributed by atoms with Gasteiger partial charge in [-0.15, -0.1) is 12.4 Å². The first kappa shape index (κ1) is 19.0. The summed E-state index contributed by atoms with van der Waals surface area (Å²) in [6.45, 7) is 1.43. The summed E-state index contributed by atoms with van der Waals surface area (Å²) in [4.78, 5) is 14.2. The third-order valence-corrected chi connectivity index (χ3v) is 3.39. The number of hydrogen-bond acceptors (Lipinski definition) is 2. The molecule has 0 atom stereocenters. The monoisotopic (exact) mass is 333 g/mol. The summed E-state index contributed by atoms with van der Waals surface area (Å²) in [7, 11) is 3.96. The van der Waals surface area contributed by atoms with Gasteiger partial charge in [-0.3, -0.25) is 0 Å². The van der Waals surface area contributed by atoms with E-state index in [0.717, 1.165) is 17.7 Å². The van der Waals surface area contributed by atoms with Crippen molar-refractivity contribution < 1.29 is 4.79 Å². The zero-order valence-corrected chi connectivity index (χ0v) is 14.3. The molecule has 0 aliphatic heterocycles. The Kier molecular flexibility index (Phi) is 8.16. The van der Waals surface area contributed by atoms with Gasteiger partial charge in [0.05, 0.1) is 6.04 Å². The van der Waals surface area contributed by atoms with Gasteiger partial charge in [-0.2, -0.15) is 0 Å². The Labute approximate surface area is 144 Å². The smallest absolute Gasteiger partial charge is 0.315 e. The fourth-order valence-corrected chi connectivity index (χ4v) is 2.23. The highest BCUT2D eigenvalue weighted by molar-refractivity contribution is 5.85. The maximum Gasteiger partial charge on any atom is 0.315 e. The number of urea groups is 1. The van der Waals surface area contributed by atoms with Crippen LogP contribution in [0, 0.1) is 0 Å². The van der Waals surface area contributed by atoms with E-state index in [4.69, 9.17) is 0 Å². The molecule has 2 aromatic carbocycles. The summed E-state index contributed by atoms with van der Waals surface area (Å²) in [5, 5.41) is 5.95. The lowest BCUT2D eigenvalue weighted by atomic mass is 9.99.